The Balaban J connectivity index is 2.30. The van der Waals surface area contributed by atoms with Gasteiger partial charge in [0.25, 0.3) is 0 Å². The molecule has 1 aliphatic carbocycles. The first-order valence-corrected chi connectivity index (χ1v) is 7.11. The van der Waals surface area contributed by atoms with Crippen LogP contribution in [0.25, 0.3) is 0 Å². The van der Waals surface area contributed by atoms with Crippen LogP contribution in [-0.4, -0.2) is 26.2 Å². The van der Waals surface area contributed by atoms with Crippen molar-refractivity contribution >= 4 is 16.1 Å². The van der Waals surface area contributed by atoms with E-state index in [0.29, 0.717) is 0 Å². The summed E-state index contributed by atoms with van der Waals surface area (Å²) < 4.78 is 22.9. The zero-order chi connectivity index (χ0) is 11.9. The molecule has 0 heterocycles. The normalized spacial score (nSPS) is 28.8. The van der Waals surface area contributed by atoms with E-state index in [1.54, 1.807) is 0 Å². The van der Waals surface area contributed by atoms with E-state index in [9.17, 15) is 13.2 Å². The number of aryl methyl sites for hydroxylation is 1. The largest absolute Gasteiger partial charge is 0.303 e. The lowest BCUT2D eigenvalue weighted by molar-refractivity contribution is -0.108. The van der Waals surface area contributed by atoms with E-state index in [1.165, 1.54) is 6.26 Å². The van der Waals surface area contributed by atoms with Crippen molar-refractivity contribution in [2.45, 2.75) is 18.1 Å². The van der Waals surface area contributed by atoms with Crippen molar-refractivity contribution in [1.82, 2.24) is 0 Å². The quantitative estimate of drug-likeness (QED) is 0.746. The summed E-state index contributed by atoms with van der Waals surface area (Å²) in [6.07, 6.45) is 1.96. The number of aldehydes is 1. The summed E-state index contributed by atoms with van der Waals surface area (Å²) in [4.78, 5) is 10.8. The summed E-state index contributed by atoms with van der Waals surface area (Å²) in [6, 6.07) is 7.69. The first-order chi connectivity index (χ1) is 7.45. The lowest BCUT2D eigenvalue weighted by Crippen LogP contribution is -2.07. The van der Waals surface area contributed by atoms with Crippen LogP contribution in [0.3, 0.4) is 0 Å². The van der Waals surface area contributed by atoms with Gasteiger partial charge in [-0.05, 0) is 12.5 Å². The third-order valence-corrected chi connectivity index (χ3v) is 4.72. The van der Waals surface area contributed by atoms with Gasteiger partial charge in [-0.25, -0.2) is 8.42 Å². The second-order valence-corrected chi connectivity index (χ2v) is 6.65. The lowest BCUT2D eigenvalue weighted by Gasteiger charge is -1.99. The second-order valence-electron chi connectivity index (χ2n) is 4.44. The van der Waals surface area contributed by atoms with Gasteiger partial charge in [-0.2, -0.15) is 0 Å². The van der Waals surface area contributed by atoms with E-state index >= 15 is 0 Å². The minimum Gasteiger partial charge on any atom is -0.303 e. The summed E-state index contributed by atoms with van der Waals surface area (Å²) in [7, 11) is -3.13. The van der Waals surface area contributed by atoms with E-state index in [-0.39, 0.29) is 11.8 Å². The number of benzene rings is 1. The molecule has 3 nitrogen and oxygen atoms in total. The molecule has 1 fully saturated rings. The molecule has 0 N–H and O–H groups in total. The van der Waals surface area contributed by atoms with Crippen LogP contribution in [0.1, 0.15) is 17.0 Å². The summed E-state index contributed by atoms with van der Waals surface area (Å²) in [5.41, 5.74) is 2.07. The van der Waals surface area contributed by atoms with Gasteiger partial charge in [0, 0.05) is 18.1 Å². The van der Waals surface area contributed by atoms with Crippen LogP contribution in [-0.2, 0) is 14.6 Å². The summed E-state index contributed by atoms with van der Waals surface area (Å²) in [5.74, 6) is -0.509. The Labute approximate surface area is 95.4 Å². The summed E-state index contributed by atoms with van der Waals surface area (Å²) in [5, 5.41) is -0.521. The molecule has 86 valence electrons. The van der Waals surface area contributed by atoms with Gasteiger partial charge in [0.1, 0.15) is 6.29 Å². The number of carbonyl (C=O) groups is 1. The highest BCUT2D eigenvalue weighted by Crippen LogP contribution is 2.50. The summed E-state index contributed by atoms with van der Waals surface area (Å²) in [6.45, 7) is 1.97. The molecule has 2 rings (SSSR count). The van der Waals surface area contributed by atoms with Crippen molar-refractivity contribution in [3.63, 3.8) is 0 Å². The van der Waals surface area contributed by atoms with Crippen molar-refractivity contribution in [1.29, 1.82) is 0 Å². The number of rotatable bonds is 3. The Morgan fingerprint density at radius 1 is 1.19 bits per heavy atom. The molecule has 0 aromatic heterocycles. The monoisotopic (exact) mass is 238 g/mol. The van der Waals surface area contributed by atoms with Gasteiger partial charge < -0.3 is 4.79 Å². The molecular weight excluding hydrogens is 224 g/mol. The average molecular weight is 238 g/mol. The van der Waals surface area contributed by atoms with Gasteiger partial charge in [0.2, 0.25) is 0 Å². The fourth-order valence-corrected chi connectivity index (χ4v) is 3.80. The second kappa shape index (κ2) is 3.70. The molecule has 0 bridgehead atoms. The molecule has 1 saturated carbocycles. The minimum atomic E-state index is -3.13. The van der Waals surface area contributed by atoms with Crippen LogP contribution in [0.2, 0.25) is 0 Å². The third-order valence-electron chi connectivity index (χ3n) is 3.12. The Kier molecular flexibility index (Phi) is 2.62. The molecule has 0 radical (unpaired) electrons. The van der Waals surface area contributed by atoms with Gasteiger partial charge >= 0.3 is 0 Å². The Hall–Kier alpha value is -1.16. The van der Waals surface area contributed by atoms with Gasteiger partial charge in [0.15, 0.2) is 9.84 Å². The molecule has 0 aliphatic heterocycles. The van der Waals surface area contributed by atoms with E-state index in [0.717, 1.165) is 17.4 Å². The van der Waals surface area contributed by atoms with Gasteiger partial charge in [-0.1, -0.05) is 29.8 Å². The fraction of sp³-hybridized carbons (Fsp3) is 0.417. The van der Waals surface area contributed by atoms with E-state index in [4.69, 9.17) is 0 Å². The average Bonchev–Trinajstić information content (AvgIpc) is 2.92. The molecule has 16 heavy (non-hydrogen) atoms. The van der Waals surface area contributed by atoms with Crippen molar-refractivity contribution in [2.24, 2.45) is 5.92 Å². The first kappa shape index (κ1) is 11.3. The molecule has 3 atom stereocenters. The zero-order valence-corrected chi connectivity index (χ0v) is 10.1. The zero-order valence-electron chi connectivity index (χ0n) is 9.25. The minimum absolute atomic E-state index is 0.145. The Bertz CT molecular complexity index is 502. The first-order valence-electron chi connectivity index (χ1n) is 5.16. The van der Waals surface area contributed by atoms with E-state index < -0.39 is 15.1 Å². The molecule has 0 saturated heterocycles. The van der Waals surface area contributed by atoms with Gasteiger partial charge in [-0.15, -0.1) is 0 Å². The van der Waals surface area contributed by atoms with Crippen molar-refractivity contribution < 1.29 is 13.2 Å². The highest BCUT2D eigenvalue weighted by molar-refractivity contribution is 7.91. The maximum absolute atomic E-state index is 11.5. The van der Waals surface area contributed by atoms with Crippen LogP contribution in [0.5, 0.6) is 0 Å². The molecule has 0 spiro atoms. The molecule has 4 heteroatoms. The molecular formula is C12H14O3S. The van der Waals surface area contributed by atoms with Crippen LogP contribution < -0.4 is 0 Å². The van der Waals surface area contributed by atoms with Crippen LogP contribution >= 0.6 is 0 Å². The molecule has 0 amide bonds. The van der Waals surface area contributed by atoms with Crippen LogP contribution in [0.15, 0.2) is 24.3 Å². The SMILES string of the molecule is Cc1ccc([C@@H]2[C@H](C=O)[C@@H]2S(C)(=O)=O)cc1. The standard InChI is InChI=1S/C12H14O3S/c1-8-3-5-9(6-4-8)11-10(7-13)12(11)16(2,14)15/h3-7,10-12H,1-2H3/t10-,11+,12-/m0/s1. The number of hydrogen-bond acceptors (Lipinski definition) is 3. The molecule has 1 aliphatic rings. The highest BCUT2D eigenvalue weighted by atomic mass is 32.2. The smallest absolute Gasteiger partial charge is 0.151 e. The van der Waals surface area contributed by atoms with Gasteiger partial charge in [-0.3, -0.25) is 0 Å². The maximum atomic E-state index is 11.5. The predicted molar refractivity (Wildman–Crippen MR) is 62.1 cm³/mol. The van der Waals surface area contributed by atoms with Gasteiger partial charge in [0.05, 0.1) is 5.25 Å². The van der Waals surface area contributed by atoms with Crippen molar-refractivity contribution in [3.8, 4) is 0 Å². The molecule has 1 aromatic carbocycles. The lowest BCUT2D eigenvalue weighted by atomic mass is 10.1. The predicted octanol–water partition coefficient (Wildman–Crippen LogP) is 1.32. The van der Waals surface area contributed by atoms with Crippen LogP contribution in [0.4, 0.5) is 0 Å². The number of sulfone groups is 1. The topological polar surface area (TPSA) is 51.2 Å². The highest BCUT2D eigenvalue weighted by Gasteiger charge is 2.57. The summed E-state index contributed by atoms with van der Waals surface area (Å²) >= 11 is 0. The van der Waals surface area contributed by atoms with E-state index in [1.807, 2.05) is 31.2 Å². The van der Waals surface area contributed by atoms with Crippen LogP contribution in [0, 0.1) is 12.8 Å². The third kappa shape index (κ3) is 1.89. The number of hydrogen-bond donors (Lipinski definition) is 0. The maximum Gasteiger partial charge on any atom is 0.151 e. The Morgan fingerprint density at radius 2 is 1.75 bits per heavy atom. The van der Waals surface area contributed by atoms with Crippen molar-refractivity contribution in [3.05, 3.63) is 35.4 Å². The van der Waals surface area contributed by atoms with E-state index in [2.05, 4.69) is 0 Å². The molecule has 1 aromatic rings. The van der Waals surface area contributed by atoms with Crippen molar-refractivity contribution in [2.75, 3.05) is 6.26 Å². The number of carbonyl (C=O) groups excluding carboxylic acids is 1. The molecule has 0 unspecified atom stereocenters. The fourth-order valence-electron chi connectivity index (χ4n) is 2.22. The Morgan fingerprint density at radius 3 is 2.12 bits per heavy atom.